The van der Waals surface area contributed by atoms with E-state index < -0.39 is 20.5 Å². The fraction of sp³-hybridized carbons (Fsp3) is 0.978. The average molecular weight is 804 g/mol. The zero-order chi connectivity index (χ0) is 40.2. The van der Waals surface area contributed by atoms with Crippen LogP contribution in [0.4, 0.5) is 0 Å². The summed E-state index contributed by atoms with van der Waals surface area (Å²) < 4.78 is 25.8. The Balaban J connectivity index is 3.20. The van der Waals surface area contributed by atoms with Crippen molar-refractivity contribution >= 4 is 13.8 Å². The van der Waals surface area contributed by atoms with Crippen molar-refractivity contribution in [2.75, 3.05) is 26.4 Å². The minimum Gasteiger partial charge on any atom is -0.463 e. The van der Waals surface area contributed by atoms with E-state index >= 15 is 0 Å². The maximum atomic E-state index is 11.9. The van der Waals surface area contributed by atoms with Gasteiger partial charge in [-0.1, -0.05) is 244 Å². The van der Waals surface area contributed by atoms with Crippen LogP contribution in [0.15, 0.2) is 0 Å². The van der Waals surface area contributed by atoms with Gasteiger partial charge in [0.2, 0.25) is 0 Å². The molecule has 0 radical (unpaired) electrons. The summed E-state index contributed by atoms with van der Waals surface area (Å²) in [4.78, 5) is 21.3. The van der Waals surface area contributed by atoms with E-state index in [0.717, 1.165) is 19.3 Å². The number of unbranched alkanes of at least 4 members (excludes halogenated alkanes) is 37. The number of phosphoric acid groups is 1. The predicted molar refractivity (Wildman–Crippen MR) is 233 cm³/mol. The van der Waals surface area contributed by atoms with E-state index in [2.05, 4.69) is 16.0 Å². The second-order valence-corrected chi connectivity index (χ2v) is 18.0. The molecule has 4 N–H and O–H groups in total. The van der Waals surface area contributed by atoms with E-state index in [1.54, 1.807) is 0 Å². The topological polar surface area (TPSA) is 128 Å². The molecule has 0 fully saturated rings. The SMILES string of the molecule is CCCCCCCCCCCCCCCCCCCCCCCCCCCCCCCCCCCCCCCCC(=O)OCC(O)COP(=O)(O)OCCN. The number of hydrogen-bond donors (Lipinski definition) is 3. The first-order chi connectivity index (χ1) is 26.9. The van der Waals surface area contributed by atoms with Crippen LogP contribution in [0.3, 0.4) is 0 Å². The molecule has 0 aromatic rings. The molecule has 2 unspecified atom stereocenters. The van der Waals surface area contributed by atoms with Crippen LogP contribution in [0.5, 0.6) is 0 Å². The van der Waals surface area contributed by atoms with Gasteiger partial charge in [-0.3, -0.25) is 13.8 Å². The first-order valence-corrected chi connectivity index (χ1v) is 25.6. The van der Waals surface area contributed by atoms with E-state index in [9.17, 15) is 19.4 Å². The van der Waals surface area contributed by atoms with Crippen molar-refractivity contribution in [2.24, 2.45) is 5.73 Å². The predicted octanol–water partition coefficient (Wildman–Crippen LogP) is 14.2. The first-order valence-electron chi connectivity index (χ1n) is 24.1. The van der Waals surface area contributed by atoms with Gasteiger partial charge in [-0.2, -0.15) is 0 Å². The van der Waals surface area contributed by atoms with Gasteiger partial charge in [-0.05, 0) is 6.42 Å². The lowest BCUT2D eigenvalue weighted by Crippen LogP contribution is -2.23. The Hall–Kier alpha value is -0.500. The smallest absolute Gasteiger partial charge is 0.463 e. The van der Waals surface area contributed by atoms with E-state index in [0.29, 0.717) is 6.42 Å². The summed E-state index contributed by atoms with van der Waals surface area (Å²) in [5.74, 6) is -0.378. The van der Waals surface area contributed by atoms with Gasteiger partial charge in [0.1, 0.15) is 12.7 Å². The fourth-order valence-electron chi connectivity index (χ4n) is 7.40. The summed E-state index contributed by atoms with van der Waals surface area (Å²) in [6.45, 7) is 1.50. The third-order valence-corrected chi connectivity index (χ3v) is 12.0. The lowest BCUT2D eigenvalue weighted by atomic mass is 10.0. The van der Waals surface area contributed by atoms with Crippen LogP contribution < -0.4 is 5.73 Å². The van der Waals surface area contributed by atoms with Crippen molar-refractivity contribution in [3.8, 4) is 0 Å². The van der Waals surface area contributed by atoms with Crippen molar-refractivity contribution in [3.63, 3.8) is 0 Å². The highest BCUT2D eigenvalue weighted by Gasteiger charge is 2.22. The quantitative estimate of drug-likeness (QED) is 0.0315. The molecule has 9 heteroatoms. The van der Waals surface area contributed by atoms with E-state index in [-0.39, 0.29) is 25.7 Å². The number of carbonyl (C=O) groups is 1. The van der Waals surface area contributed by atoms with Gasteiger partial charge in [0.25, 0.3) is 0 Å². The lowest BCUT2D eigenvalue weighted by molar-refractivity contribution is -0.147. The maximum absolute atomic E-state index is 11.9. The summed E-state index contributed by atoms with van der Waals surface area (Å²) in [6, 6.07) is 0. The largest absolute Gasteiger partial charge is 0.472 e. The van der Waals surface area contributed by atoms with Gasteiger partial charge in [-0.15, -0.1) is 0 Å². The molecule has 0 aromatic carbocycles. The van der Waals surface area contributed by atoms with E-state index in [1.807, 2.05) is 0 Å². The van der Waals surface area contributed by atoms with Crippen molar-refractivity contribution in [1.29, 1.82) is 0 Å². The minimum atomic E-state index is -4.25. The van der Waals surface area contributed by atoms with Crippen LogP contribution in [0.2, 0.25) is 0 Å². The maximum Gasteiger partial charge on any atom is 0.472 e. The third-order valence-electron chi connectivity index (χ3n) is 11.0. The molecule has 0 spiro atoms. The number of aliphatic hydroxyl groups is 1. The normalized spacial score (nSPS) is 13.3. The molecule has 330 valence electrons. The van der Waals surface area contributed by atoms with Gasteiger partial charge in [0.15, 0.2) is 0 Å². The van der Waals surface area contributed by atoms with Gasteiger partial charge in [-0.25, -0.2) is 4.57 Å². The summed E-state index contributed by atoms with van der Waals surface area (Å²) in [6.07, 6.45) is 51.9. The van der Waals surface area contributed by atoms with Crippen LogP contribution in [-0.2, 0) is 23.1 Å². The summed E-state index contributed by atoms with van der Waals surface area (Å²) in [7, 11) is -4.25. The highest BCUT2D eigenvalue weighted by atomic mass is 31.2. The molecule has 2 atom stereocenters. The molecule has 0 saturated carbocycles. The summed E-state index contributed by atoms with van der Waals surface area (Å²) in [5, 5.41) is 9.78. The van der Waals surface area contributed by atoms with Gasteiger partial charge in [0, 0.05) is 13.0 Å². The highest BCUT2D eigenvalue weighted by Crippen LogP contribution is 2.42. The number of esters is 1. The zero-order valence-electron chi connectivity index (χ0n) is 36.4. The van der Waals surface area contributed by atoms with E-state index in [1.165, 1.54) is 225 Å². The number of hydrogen-bond acceptors (Lipinski definition) is 7. The van der Waals surface area contributed by atoms with Crippen LogP contribution >= 0.6 is 7.82 Å². The Kier molecular flexibility index (Phi) is 44.2. The molecule has 0 rings (SSSR count). The Morgan fingerprint density at radius 1 is 0.473 bits per heavy atom. The van der Waals surface area contributed by atoms with Crippen molar-refractivity contribution in [3.05, 3.63) is 0 Å². The summed E-state index contributed by atoms with van der Waals surface area (Å²) >= 11 is 0. The molecule has 0 aliphatic heterocycles. The first kappa shape index (κ1) is 54.5. The monoisotopic (exact) mass is 804 g/mol. The number of nitrogens with two attached hydrogens (primary N) is 1. The lowest BCUT2D eigenvalue weighted by Gasteiger charge is -2.15. The average Bonchev–Trinajstić information content (AvgIpc) is 3.18. The summed E-state index contributed by atoms with van der Waals surface area (Å²) in [5.41, 5.74) is 5.21. The van der Waals surface area contributed by atoms with Crippen molar-refractivity contribution in [2.45, 2.75) is 263 Å². The molecule has 55 heavy (non-hydrogen) atoms. The van der Waals surface area contributed by atoms with Crippen molar-refractivity contribution in [1.82, 2.24) is 0 Å². The number of phosphoric ester groups is 1. The number of ether oxygens (including phenoxy) is 1. The van der Waals surface area contributed by atoms with E-state index in [4.69, 9.17) is 10.5 Å². The zero-order valence-corrected chi connectivity index (χ0v) is 37.3. The van der Waals surface area contributed by atoms with Crippen LogP contribution in [-0.4, -0.2) is 48.4 Å². The van der Waals surface area contributed by atoms with Gasteiger partial charge < -0.3 is 20.5 Å². The minimum absolute atomic E-state index is 0.0773. The third kappa shape index (κ3) is 46.1. The van der Waals surface area contributed by atoms with Crippen LogP contribution in [0, 0.1) is 0 Å². The molecule has 8 nitrogen and oxygen atoms in total. The number of rotatable bonds is 47. The second-order valence-electron chi connectivity index (χ2n) is 16.6. The van der Waals surface area contributed by atoms with Gasteiger partial charge in [0.05, 0.1) is 13.2 Å². The molecule has 0 heterocycles. The molecule has 0 saturated heterocycles. The molecule has 0 aromatic heterocycles. The Bertz CT molecular complexity index is 817. The molecular formula is C46H94NO7P. The Labute approximate surface area is 341 Å². The molecule has 0 aliphatic rings. The highest BCUT2D eigenvalue weighted by molar-refractivity contribution is 7.47. The number of carbonyl (C=O) groups excluding carboxylic acids is 1. The van der Waals surface area contributed by atoms with Crippen molar-refractivity contribution < 1.29 is 33.1 Å². The Morgan fingerprint density at radius 3 is 1.02 bits per heavy atom. The molecule has 0 amide bonds. The fourth-order valence-corrected chi connectivity index (χ4v) is 8.17. The number of aliphatic hydroxyl groups excluding tert-OH is 1. The van der Waals surface area contributed by atoms with Crippen LogP contribution in [0.25, 0.3) is 0 Å². The standard InChI is InChI=1S/C46H94NO7P/c1-2-3-4-5-6-7-8-9-10-11-12-13-14-15-16-17-18-19-20-21-22-23-24-25-26-27-28-29-30-31-32-33-34-35-36-37-38-39-40-46(49)52-43-45(48)44-54-55(50,51)53-42-41-47/h45,48H,2-44,47H2,1H3,(H,50,51). The molecular weight excluding hydrogens is 709 g/mol. The molecule has 0 bridgehead atoms. The van der Waals surface area contributed by atoms with Gasteiger partial charge >= 0.3 is 13.8 Å². The second kappa shape index (κ2) is 44.6. The van der Waals surface area contributed by atoms with Crippen LogP contribution in [0.1, 0.15) is 257 Å². The molecule has 0 aliphatic carbocycles. The Morgan fingerprint density at radius 2 is 0.745 bits per heavy atom.